The van der Waals surface area contributed by atoms with Crippen LogP contribution < -0.4 is 16.4 Å². The van der Waals surface area contributed by atoms with Crippen LogP contribution in [0.1, 0.15) is 45.4 Å². The van der Waals surface area contributed by atoms with E-state index >= 15 is 0 Å². The van der Waals surface area contributed by atoms with E-state index in [1.807, 2.05) is 6.92 Å². The van der Waals surface area contributed by atoms with Crippen LogP contribution in [0.2, 0.25) is 0 Å². The highest BCUT2D eigenvalue weighted by molar-refractivity contribution is 5.81. The van der Waals surface area contributed by atoms with Crippen molar-refractivity contribution in [2.75, 3.05) is 11.9 Å². The molecule has 1 aromatic rings. The molecule has 2 rings (SSSR count). The first-order chi connectivity index (χ1) is 11.0. The summed E-state index contributed by atoms with van der Waals surface area (Å²) in [4.78, 5) is 12.2. The average Bonchev–Trinajstić information content (AvgIpc) is 2.55. The van der Waals surface area contributed by atoms with Crippen molar-refractivity contribution in [1.82, 2.24) is 5.32 Å². The Morgan fingerprint density at radius 3 is 2.57 bits per heavy atom. The molecular formula is C18H29N3O2. The molecule has 0 spiro atoms. The van der Waals surface area contributed by atoms with Crippen molar-refractivity contribution in [3.8, 4) is 5.75 Å². The van der Waals surface area contributed by atoms with Crippen molar-refractivity contribution in [3.63, 3.8) is 0 Å². The molecule has 0 aliphatic heterocycles. The number of nitrogens with two attached hydrogens (primary N) is 1. The Morgan fingerprint density at radius 2 is 1.91 bits per heavy atom. The van der Waals surface area contributed by atoms with Crippen molar-refractivity contribution >= 4 is 11.6 Å². The van der Waals surface area contributed by atoms with Gasteiger partial charge in [0.15, 0.2) is 0 Å². The third-order valence-electron chi connectivity index (χ3n) is 4.52. The maximum atomic E-state index is 12.2. The lowest BCUT2D eigenvalue weighted by atomic mass is 9.85. The monoisotopic (exact) mass is 319 g/mol. The van der Waals surface area contributed by atoms with Crippen molar-refractivity contribution in [2.45, 2.75) is 57.5 Å². The largest absolute Gasteiger partial charge is 0.508 e. The fraction of sp³-hybridized carbons (Fsp3) is 0.611. The van der Waals surface area contributed by atoms with Gasteiger partial charge in [-0.1, -0.05) is 32.1 Å². The van der Waals surface area contributed by atoms with Gasteiger partial charge in [0.1, 0.15) is 5.75 Å². The minimum absolute atomic E-state index is 0.00583. The molecule has 0 aromatic heterocycles. The Morgan fingerprint density at radius 1 is 1.26 bits per heavy atom. The number of anilines is 1. The summed E-state index contributed by atoms with van der Waals surface area (Å²) in [6, 6.07) is 6.46. The van der Waals surface area contributed by atoms with E-state index in [0.29, 0.717) is 12.5 Å². The van der Waals surface area contributed by atoms with Crippen LogP contribution in [0, 0.1) is 5.92 Å². The molecular weight excluding hydrogens is 290 g/mol. The van der Waals surface area contributed by atoms with Gasteiger partial charge in [-0.25, -0.2) is 0 Å². The van der Waals surface area contributed by atoms with Crippen molar-refractivity contribution in [2.24, 2.45) is 11.7 Å². The quantitative estimate of drug-likeness (QED) is 0.582. The van der Waals surface area contributed by atoms with Crippen LogP contribution in [0.5, 0.6) is 5.75 Å². The minimum Gasteiger partial charge on any atom is -0.508 e. The van der Waals surface area contributed by atoms with Gasteiger partial charge < -0.3 is 21.5 Å². The second-order valence-corrected chi connectivity index (χ2v) is 6.68. The molecule has 0 bridgehead atoms. The Labute approximate surface area is 138 Å². The number of phenols is 1. The zero-order valence-corrected chi connectivity index (χ0v) is 13.9. The molecule has 5 heteroatoms. The lowest BCUT2D eigenvalue weighted by molar-refractivity contribution is -0.123. The Balaban J connectivity index is 1.69. The number of benzene rings is 1. The zero-order chi connectivity index (χ0) is 16.7. The molecule has 5 nitrogen and oxygen atoms in total. The standard InChI is InChI=1S/C18H29N3O2/c1-13(12-20-15-7-9-16(22)10-8-15)21-18(23)17(19)11-14-5-3-2-4-6-14/h7-10,13-14,17,20,22H,2-6,11-12,19H2,1H3,(H,21,23)/t13-,17-/m0/s1. The highest BCUT2D eigenvalue weighted by Crippen LogP contribution is 2.26. The lowest BCUT2D eigenvalue weighted by Crippen LogP contribution is -2.47. The van der Waals surface area contributed by atoms with E-state index in [1.165, 1.54) is 32.1 Å². The van der Waals surface area contributed by atoms with E-state index in [-0.39, 0.29) is 17.7 Å². The second-order valence-electron chi connectivity index (χ2n) is 6.68. The SMILES string of the molecule is C[C@@H](CNc1ccc(O)cc1)NC(=O)[C@@H](N)CC1CCCCC1. The molecule has 0 saturated heterocycles. The van der Waals surface area contributed by atoms with Crippen LogP contribution >= 0.6 is 0 Å². The molecule has 2 atom stereocenters. The predicted molar refractivity (Wildman–Crippen MR) is 93.4 cm³/mol. The van der Waals surface area contributed by atoms with Crippen molar-refractivity contribution < 1.29 is 9.90 Å². The molecule has 1 fully saturated rings. The maximum Gasteiger partial charge on any atom is 0.237 e. The molecule has 128 valence electrons. The number of phenolic OH excluding ortho intramolecular Hbond substituents is 1. The fourth-order valence-electron chi connectivity index (χ4n) is 3.14. The van der Waals surface area contributed by atoms with Gasteiger partial charge in [0.25, 0.3) is 0 Å². The summed E-state index contributed by atoms with van der Waals surface area (Å²) in [5, 5.41) is 15.5. The number of nitrogens with one attached hydrogen (secondary N) is 2. The second kappa shape index (κ2) is 8.77. The fourth-order valence-corrected chi connectivity index (χ4v) is 3.14. The van der Waals surface area contributed by atoms with E-state index in [9.17, 15) is 9.90 Å². The van der Waals surface area contributed by atoms with Crippen molar-refractivity contribution in [1.29, 1.82) is 0 Å². The van der Waals surface area contributed by atoms with Crippen LogP contribution in [0.25, 0.3) is 0 Å². The van der Waals surface area contributed by atoms with Gasteiger partial charge in [-0.15, -0.1) is 0 Å². The van der Waals surface area contributed by atoms with Crippen LogP contribution in [0.3, 0.4) is 0 Å². The molecule has 1 aromatic carbocycles. The molecule has 5 N–H and O–H groups in total. The zero-order valence-electron chi connectivity index (χ0n) is 13.9. The molecule has 0 radical (unpaired) electrons. The van der Waals surface area contributed by atoms with E-state index in [0.717, 1.165) is 12.1 Å². The van der Waals surface area contributed by atoms with Gasteiger partial charge >= 0.3 is 0 Å². The predicted octanol–water partition coefficient (Wildman–Crippen LogP) is 2.61. The molecule has 1 aliphatic carbocycles. The minimum atomic E-state index is -0.408. The number of rotatable bonds is 7. The van der Waals surface area contributed by atoms with Gasteiger partial charge in [-0.2, -0.15) is 0 Å². The number of hydrogen-bond donors (Lipinski definition) is 4. The Kier molecular flexibility index (Phi) is 6.71. The first kappa shape index (κ1) is 17.6. The third-order valence-corrected chi connectivity index (χ3v) is 4.52. The van der Waals surface area contributed by atoms with Gasteiger partial charge in [-0.3, -0.25) is 4.79 Å². The van der Waals surface area contributed by atoms with Gasteiger partial charge in [0.05, 0.1) is 6.04 Å². The first-order valence-corrected chi connectivity index (χ1v) is 8.63. The number of carbonyl (C=O) groups excluding carboxylic acids is 1. The van der Waals surface area contributed by atoms with E-state index < -0.39 is 6.04 Å². The summed E-state index contributed by atoms with van der Waals surface area (Å²) in [6.45, 7) is 2.57. The lowest BCUT2D eigenvalue weighted by Gasteiger charge is -2.25. The normalized spacial score (nSPS) is 18.2. The van der Waals surface area contributed by atoms with Crippen LogP contribution in [-0.4, -0.2) is 29.6 Å². The van der Waals surface area contributed by atoms with Crippen molar-refractivity contribution in [3.05, 3.63) is 24.3 Å². The van der Waals surface area contributed by atoms with E-state index in [4.69, 9.17) is 5.73 Å². The number of aromatic hydroxyl groups is 1. The smallest absolute Gasteiger partial charge is 0.237 e. The molecule has 0 heterocycles. The molecule has 1 aliphatic rings. The molecule has 1 amide bonds. The van der Waals surface area contributed by atoms with Gasteiger partial charge in [0.2, 0.25) is 5.91 Å². The summed E-state index contributed by atoms with van der Waals surface area (Å²) in [7, 11) is 0. The van der Waals surface area contributed by atoms with Gasteiger partial charge in [-0.05, 0) is 43.5 Å². The summed E-state index contributed by atoms with van der Waals surface area (Å²) in [6.07, 6.45) is 7.07. The van der Waals surface area contributed by atoms with E-state index in [1.54, 1.807) is 24.3 Å². The molecule has 23 heavy (non-hydrogen) atoms. The topological polar surface area (TPSA) is 87.4 Å². The van der Waals surface area contributed by atoms with Crippen LogP contribution in [-0.2, 0) is 4.79 Å². The van der Waals surface area contributed by atoms with Gasteiger partial charge in [0, 0.05) is 18.3 Å². The summed E-state index contributed by atoms with van der Waals surface area (Å²) >= 11 is 0. The van der Waals surface area contributed by atoms with Crippen LogP contribution in [0.15, 0.2) is 24.3 Å². The maximum absolute atomic E-state index is 12.2. The summed E-state index contributed by atoms with van der Waals surface area (Å²) < 4.78 is 0. The molecule has 0 unspecified atom stereocenters. The number of amides is 1. The first-order valence-electron chi connectivity index (χ1n) is 8.63. The average molecular weight is 319 g/mol. The van der Waals surface area contributed by atoms with Crippen LogP contribution in [0.4, 0.5) is 5.69 Å². The summed E-state index contributed by atoms with van der Waals surface area (Å²) in [5.41, 5.74) is 6.97. The number of carbonyl (C=O) groups is 1. The Bertz CT molecular complexity index is 484. The Hall–Kier alpha value is -1.75. The summed E-state index contributed by atoms with van der Waals surface area (Å²) in [5.74, 6) is 0.788. The highest BCUT2D eigenvalue weighted by atomic mass is 16.3. The molecule has 1 saturated carbocycles. The van der Waals surface area contributed by atoms with E-state index in [2.05, 4.69) is 10.6 Å². The number of hydrogen-bond acceptors (Lipinski definition) is 4. The highest BCUT2D eigenvalue weighted by Gasteiger charge is 2.22. The third kappa shape index (κ3) is 6.10.